The SMILES string of the molecule is FC1=Cc2oc3cccc(Cl)c3c2CC1. The first-order chi connectivity index (χ1) is 7.25. The number of hydrogen-bond acceptors (Lipinski definition) is 1. The number of hydrogen-bond donors (Lipinski definition) is 0. The predicted molar refractivity (Wildman–Crippen MR) is 58.6 cm³/mol. The first-order valence-electron chi connectivity index (χ1n) is 4.81. The highest BCUT2D eigenvalue weighted by Gasteiger charge is 2.19. The highest BCUT2D eigenvalue weighted by atomic mass is 35.5. The van der Waals surface area contributed by atoms with Crippen molar-refractivity contribution in [2.75, 3.05) is 0 Å². The zero-order chi connectivity index (χ0) is 10.4. The fourth-order valence-electron chi connectivity index (χ4n) is 2.01. The van der Waals surface area contributed by atoms with E-state index in [-0.39, 0.29) is 5.83 Å². The van der Waals surface area contributed by atoms with E-state index in [0.717, 1.165) is 16.5 Å². The van der Waals surface area contributed by atoms with Gasteiger partial charge in [-0.3, -0.25) is 0 Å². The Kier molecular flexibility index (Phi) is 1.86. The first-order valence-corrected chi connectivity index (χ1v) is 5.19. The van der Waals surface area contributed by atoms with Gasteiger partial charge in [-0.2, -0.15) is 0 Å². The molecule has 0 radical (unpaired) electrons. The summed E-state index contributed by atoms with van der Waals surface area (Å²) >= 11 is 6.10. The van der Waals surface area contributed by atoms with Gasteiger partial charge in [-0.1, -0.05) is 17.7 Å². The van der Waals surface area contributed by atoms with Crippen LogP contribution in [0.2, 0.25) is 5.02 Å². The highest BCUT2D eigenvalue weighted by molar-refractivity contribution is 6.35. The zero-order valence-corrected chi connectivity index (χ0v) is 8.64. The third kappa shape index (κ3) is 1.29. The fourth-order valence-corrected chi connectivity index (χ4v) is 2.29. The molecule has 76 valence electrons. The second kappa shape index (κ2) is 3.11. The lowest BCUT2D eigenvalue weighted by molar-refractivity contribution is 0.557. The molecule has 1 aromatic heterocycles. The van der Waals surface area contributed by atoms with E-state index >= 15 is 0 Å². The lowest BCUT2D eigenvalue weighted by Gasteiger charge is -2.05. The molecule has 0 atom stereocenters. The van der Waals surface area contributed by atoms with Crippen LogP contribution in [0.25, 0.3) is 17.0 Å². The average molecular weight is 223 g/mol. The van der Waals surface area contributed by atoms with Crippen LogP contribution in [0.5, 0.6) is 0 Å². The topological polar surface area (TPSA) is 13.1 Å². The minimum atomic E-state index is -0.127. The largest absolute Gasteiger partial charge is 0.456 e. The summed E-state index contributed by atoms with van der Waals surface area (Å²) in [6.07, 6.45) is 2.55. The van der Waals surface area contributed by atoms with Crippen LogP contribution in [-0.4, -0.2) is 0 Å². The van der Waals surface area contributed by atoms with Crippen LogP contribution in [-0.2, 0) is 6.42 Å². The molecule has 0 aliphatic heterocycles. The maximum Gasteiger partial charge on any atom is 0.136 e. The van der Waals surface area contributed by atoms with Gasteiger partial charge in [0.15, 0.2) is 0 Å². The van der Waals surface area contributed by atoms with Crippen LogP contribution in [0, 0.1) is 0 Å². The molecule has 0 spiro atoms. The molecule has 3 heteroatoms. The van der Waals surface area contributed by atoms with Crippen molar-refractivity contribution in [3.8, 4) is 0 Å². The molecule has 15 heavy (non-hydrogen) atoms. The van der Waals surface area contributed by atoms with Gasteiger partial charge in [-0.05, 0) is 18.6 Å². The number of aryl methyl sites for hydroxylation is 1. The minimum Gasteiger partial charge on any atom is -0.456 e. The van der Waals surface area contributed by atoms with E-state index in [4.69, 9.17) is 16.0 Å². The molecular weight excluding hydrogens is 215 g/mol. The van der Waals surface area contributed by atoms with Crippen molar-refractivity contribution >= 4 is 28.6 Å². The summed E-state index contributed by atoms with van der Waals surface area (Å²) in [6.45, 7) is 0. The second-order valence-corrected chi connectivity index (χ2v) is 4.06. The van der Waals surface area contributed by atoms with E-state index in [1.807, 2.05) is 18.2 Å². The molecule has 1 aliphatic rings. The van der Waals surface area contributed by atoms with Crippen molar-refractivity contribution < 1.29 is 8.81 Å². The van der Waals surface area contributed by atoms with Crippen molar-refractivity contribution in [2.45, 2.75) is 12.8 Å². The Balaban J connectivity index is 2.39. The van der Waals surface area contributed by atoms with Crippen molar-refractivity contribution in [1.29, 1.82) is 0 Å². The molecule has 0 saturated heterocycles. The Morgan fingerprint density at radius 3 is 3.00 bits per heavy atom. The number of halogens is 2. The lowest BCUT2D eigenvalue weighted by atomic mass is 10.0. The van der Waals surface area contributed by atoms with Gasteiger partial charge in [0.1, 0.15) is 17.2 Å². The van der Waals surface area contributed by atoms with Crippen LogP contribution in [0.4, 0.5) is 4.39 Å². The molecule has 1 aliphatic carbocycles. The number of rotatable bonds is 0. The van der Waals surface area contributed by atoms with Gasteiger partial charge in [-0.25, -0.2) is 4.39 Å². The monoisotopic (exact) mass is 222 g/mol. The average Bonchev–Trinajstić information content (AvgIpc) is 2.56. The van der Waals surface area contributed by atoms with Crippen LogP contribution in [0.3, 0.4) is 0 Å². The van der Waals surface area contributed by atoms with Gasteiger partial charge in [0.05, 0.1) is 5.02 Å². The zero-order valence-electron chi connectivity index (χ0n) is 7.89. The summed E-state index contributed by atoms with van der Waals surface area (Å²) in [6, 6.07) is 5.51. The standard InChI is InChI=1S/C12H8ClFO/c13-9-2-1-3-10-12(9)8-5-4-7(14)6-11(8)15-10/h1-3,6H,4-5H2. The molecule has 0 N–H and O–H groups in total. The van der Waals surface area contributed by atoms with Crippen molar-refractivity contribution in [3.05, 3.63) is 40.4 Å². The number of furan rings is 1. The number of allylic oxidation sites excluding steroid dienone is 1. The summed E-state index contributed by atoms with van der Waals surface area (Å²) in [5, 5.41) is 1.60. The Morgan fingerprint density at radius 1 is 1.27 bits per heavy atom. The van der Waals surface area contributed by atoms with Crippen molar-refractivity contribution in [1.82, 2.24) is 0 Å². The maximum absolute atomic E-state index is 13.1. The summed E-state index contributed by atoms with van der Waals surface area (Å²) < 4.78 is 18.6. The van der Waals surface area contributed by atoms with Gasteiger partial charge in [0.25, 0.3) is 0 Å². The molecule has 1 nitrogen and oxygen atoms in total. The summed E-state index contributed by atoms with van der Waals surface area (Å²) in [5.74, 6) is 0.486. The predicted octanol–water partition coefficient (Wildman–Crippen LogP) is 4.34. The summed E-state index contributed by atoms with van der Waals surface area (Å²) in [4.78, 5) is 0. The van der Waals surface area contributed by atoms with Gasteiger partial charge < -0.3 is 4.42 Å². The molecule has 1 heterocycles. The highest BCUT2D eigenvalue weighted by Crippen LogP contribution is 2.36. The van der Waals surface area contributed by atoms with Gasteiger partial charge >= 0.3 is 0 Å². The van der Waals surface area contributed by atoms with E-state index in [0.29, 0.717) is 23.6 Å². The Labute approximate surface area is 91.1 Å². The number of benzene rings is 1. The van der Waals surface area contributed by atoms with Crippen LogP contribution in [0.15, 0.2) is 28.4 Å². The van der Waals surface area contributed by atoms with E-state index in [9.17, 15) is 4.39 Å². The molecule has 0 amide bonds. The van der Waals surface area contributed by atoms with E-state index < -0.39 is 0 Å². The third-order valence-corrected chi connectivity index (χ3v) is 3.01. The first kappa shape index (κ1) is 8.98. The van der Waals surface area contributed by atoms with E-state index in [1.165, 1.54) is 6.08 Å². The normalized spacial score (nSPS) is 15.2. The quantitative estimate of drug-likeness (QED) is 0.646. The molecule has 0 saturated carbocycles. The second-order valence-electron chi connectivity index (χ2n) is 3.65. The molecule has 1 aromatic carbocycles. The molecule has 3 rings (SSSR count). The summed E-state index contributed by atoms with van der Waals surface area (Å²) in [5.41, 5.74) is 1.76. The van der Waals surface area contributed by atoms with Crippen molar-refractivity contribution in [2.24, 2.45) is 0 Å². The van der Waals surface area contributed by atoms with Crippen LogP contribution in [0.1, 0.15) is 17.7 Å². The third-order valence-electron chi connectivity index (χ3n) is 2.70. The van der Waals surface area contributed by atoms with Crippen LogP contribution < -0.4 is 0 Å². The van der Waals surface area contributed by atoms with E-state index in [1.54, 1.807) is 0 Å². The summed E-state index contributed by atoms with van der Waals surface area (Å²) in [7, 11) is 0. The van der Waals surface area contributed by atoms with Crippen molar-refractivity contribution in [3.63, 3.8) is 0 Å². The molecule has 0 fully saturated rings. The molecule has 2 aromatic rings. The van der Waals surface area contributed by atoms with E-state index in [2.05, 4.69) is 0 Å². The molecule has 0 bridgehead atoms. The Morgan fingerprint density at radius 2 is 2.13 bits per heavy atom. The molecular formula is C12H8ClFO. The number of fused-ring (bicyclic) bond motifs is 3. The minimum absolute atomic E-state index is 0.127. The van der Waals surface area contributed by atoms with Crippen LogP contribution >= 0.6 is 11.6 Å². The lowest BCUT2D eigenvalue weighted by Crippen LogP contribution is -1.93. The fraction of sp³-hybridized carbons (Fsp3) is 0.167. The van der Waals surface area contributed by atoms with Gasteiger partial charge in [-0.15, -0.1) is 0 Å². The van der Waals surface area contributed by atoms with Gasteiger partial charge in [0, 0.05) is 23.4 Å². The van der Waals surface area contributed by atoms with Gasteiger partial charge in [0.2, 0.25) is 0 Å². The molecule has 0 unspecified atom stereocenters. The Hall–Kier alpha value is -1.28. The maximum atomic E-state index is 13.1. The smallest absolute Gasteiger partial charge is 0.136 e. The Bertz CT molecular complexity index is 568.